The molecule has 0 saturated heterocycles. The third-order valence-corrected chi connectivity index (χ3v) is 6.81. The maximum absolute atomic E-state index is 13.8. The summed E-state index contributed by atoms with van der Waals surface area (Å²) in [5.74, 6) is 0. The average molecular weight is 439 g/mol. The van der Waals surface area contributed by atoms with Crippen LogP contribution >= 0.6 is 12.1 Å². The summed E-state index contributed by atoms with van der Waals surface area (Å²) in [7, 11) is 2.15. The number of hydrogen-bond acceptors (Lipinski definition) is 3. The maximum Gasteiger partial charge on any atom is 0.139 e. The first kappa shape index (κ1) is 20.8. The molecule has 1 aliphatic rings. The fourth-order valence-corrected chi connectivity index (χ4v) is 4.91. The number of aryl methyl sites for hydroxylation is 1. The lowest BCUT2D eigenvalue weighted by atomic mass is 9.85. The van der Waals surface area contributed by atoms with Gasteiger partial charge in [-0.2, -0.15) is 3.89 Å². The highest BCUT2D eigenvalue weighted by atomic mass is 32.2. The van der Waals surface area contributed by atoms with Crippen molar-refractivity contribution in [2.75, 3.05) is 0 Å². The summed E-state index contributed by atoms with van der Waals surface area (Å²) in [5, 5.41) is 8.58. The van der Waals surface area contributed by atoms with E-state index in [1.807, 2.05) is 36.4 Å². The van der Waals surface area contributed by atoms with E-state index in [1.54, 1.807) is 10.7 Å². The zero-order valence-corrected chi connectivity index (χ0v) is 19.3. The first-order valence-electron chi connectivity index (χ1n) is 10.8. The minimum absolute atomic E-state index is 0.238. The number of rotatable bonds is 5. The van der Waals surface area contributed by atoms with E-state index in [9.17, 15) is 3.89 Å². The summed E-state index contributed by atoms with van der Waals surface area (Å²) < 4.78 is 15.6. The predicted molar refractivity (Wildman–Crippen MR) is 135 cm³/mol. The lowest BCUT2D eigenvalue weighted by molar-refractivity contribution is 0.821. The summed E-state index contributed by atoms with van der Waals surface area (Å²) in [4.78, 5) is 0.523. The first-order valence-corrected chi connectivity index (χ1v) is 11.5. The Morgan fingerprint density at radius 1 is 1.19 bits per heavy atom. The van der Waals surface area contributed by atoms with Crippen molar-refractivity contribution in [3.63, 3.8) is 0 Å². The van der Waals surface area contributed by atoms with Crippen molar-refractivity contribution in [3.05, 3.63) is 89.0 Å². The smallest absolute Gasteiger partial charge is 0.139 e. The quantitative estimate of drug-likeness (QED) is 0.391. The lowest BCUT2D eigenvalue weighted by Crippen LogP contribution is -2.09. The van der Waals surface area contributed by atoms with Gasteiger partial charge >= 0.3 is 0 Å². The molecule has 6 heteroatoms. The second-order valence-electron chi connectivity index (χ2n) is 8.36. The van der Waals surface area contributed by atoms with Crippen LogP contribution in [0.1, 0.15) is 35.6 Å². The highest BCUT2D eigenvalue weighted by Crippen LogP contribution is 2.43. The molecule has 0 bridgehead atoms. The van der Waals surface area contributed by atoms with Crippen molar-refractivity contribution in [2.45, 2.75) is 31.6 Å². The van der Waals surface area contributed by atoms with Crippen LogP contribution in [0.2, 0.25) is 0 Å². The van der Waals surface area contributed by atoms with E-state index in [-0.39, 0.29) is 12.1 Å². The molecule has 5 rings (SSSR count). The number of para-hydroxylation sites is 1. The molecule has 1 aromatic heterocycles. The second-order valence-corrected chi connectivity index (χ2v) is 8.99. The molecule has 158 valence electrons. The molecule has 0 aliphatic heterocycles. The third kappa shape index (κ3) is 3.39. The Balaban J connectivity index is 1.65. The zero-order chi connectivity index (χ0) is 22.4. The van der Waals surface area contributed by atoms with E-state index >= 15 is 0 Å². The average Bonchev–Trinajstić information content (AvgIpc) is 3.39. The zero-order valence-electron chi connectivity index (χ0n) is 18.4. The SMILES string of the molecule is Bc1cc2c(cc1C)CC(CC)=C2C(=C)c1cc(SF)cc(-n2nnc3ccccc32)c1. The number of nitrogens with zero attached hydrogens (tertiary/aromatic N) is 3. The van der Waals surface area contributed by atoms with E-state index < -0.39 is 0 Å². The Labute approximate surface area is 192 Å². The molecule has 3 nitrogen and oxygen atoms in total. The number of hydrogen-bond donors (Lipinski definition) is 0. The van der Waals surface area contributed by atoms with Gasteiger partial charge in [-0.1, -0.05) is 59.6 Å². The Hall–Kier alpha value is -3.12. The van der Waals surface area contributed by atoms with Crippen LogP contribution in [0.5, 0.6) is 0 Å². The minimum atomic E-state index is 0.238. The van der Waals surface area contributed by atoms with Gasteiger partial charge in [-0.05, 0) is 77.9 Å². The van der Waals surface area contributed by atoms with Gasteiger partial charge in [-0.15, -0.1) is 5.10 Å². The summed E-state index contributed by atoms with van der Waals surface area (Å²) in [5.41, 5.74) is 12.0. The van der Waals surface area contributed by atoms with Crippen molar-refractivity contribution in [3.8, 4) is 5.69 Å². The molecule has 0 fully saturated rings. The Morgan fingerprint density at radius 2 is 2.00 bits per heavy atom. The molecule has 0 spiro atoms. The van der Waals surface area contributed by atoms with Gasteiger partial charge in [0.05, 0.1) is 23.4 Å². The molecule has 0 N–H and O–H groups in total. The van der Waals surface area contributed by atoms with Crippen LogP contribution in [-0.2, 0) is 6.42 Å². The highest BCUT2D eigenvalue weighted by Gasteiger charge is 2.24. The van der Waals surface area contributed by atoms with Crippen molar-refractivity contribution in [2.24, 2.45) is 0 Å². The standard InChI is InChI=1S/C26H23BFN3S/c1-4-17-10-19-9-15(2)23(27)14-22(19)26(17)16(3)18-11-20(13-21(12-18)32-28)31-25-8-6-5-7-24(25)29-30-31/h5-9,11-14H,3-4,10,27H2,1-2H3. The first-order chi connectivity index (χ1) is 15.5. The van der Waals surface area contributed by atoms with Gasteiger partial charge in [0.15, 0.2) is 0 Å². The van der Waals surface area contributed by atoms with Gasteiger partial charge < -0.3 is 0 Å². The van der Waals surface area contributed by atoms with Crippen LogP contribution in [0.15, 0.2) is 71.6 Å². The third-order valence-electron chi connectivity index (χ3n) is 6.40. The number of halogens is 1. The monoisotopic (exact) mass is 439 g/mol. The normalized spacial score (nSPS) is 13.1. The molecule has 0 atom stereocenters. The van der Waals surface area contributed by atoms with Gasteiger partial charge in [0, 0.05) is 4.90 Å². The Kier molecular flexibility index (Phi) is 5.26. The van der Waals surface area contributed by atoms with E-state index in [1.165, 1.54) is 33.3 Å². The van der Waals surface area contributed by atoms with E-state index in [0.29, 0.717) is 4.90 Å². The topological polar surface area (TPSA) is 30.7 Å². The van der Waals surface area contributed by atoms with E-state index in [0.717, 1.165) is 40.7 Å². The fourth-order valence-electron chi connectivity index (χ4n) is 4.57. The number of allylic oxidation sites excluding steroid dienone is 3. The van der Waals surface area contributed by atoms with Gasteiger partial charge in [0.1, 0.15) is 13.4 Å². The predicted octanol–water partition coefficient (Wildman–Crippen LogP) is 5.40. The molecule has 4 aromatic rings. The van der Waals surface area contributed by atoms with E-state index in [4.69, 9.17) is 0 Å². The number of benzene rings is 3. The van der Waals surface area contributed by atoms with Crippen LogP contribution in [0.25, 0.3) is 27.9 Å². The van der Waals surface area contributed by atoms with Gasteiger partial charge in [-0.3, -0.25) is 0 Å². The fraction of sp³-hybridized carbons (Fsp3) is 0.154. The summed E-state index contributed by atoms with van der Waals surface area (Å²) in [6, 6.07) is 18.0. The van der Waals surface area contributed by atoms with Crippen molar-refractivity contribution in [1.29, 1.82) is 0 Å². The van der Waals surface area contributed by atoms with Gasteiger partial charge in [-0.25, -0.2) is 4.68 Å². The molecule has 32 heavy (non-hydrogen) atoms. The maximum atomic E-state index is 13.8. The lowest BCUT2D eigenvalue weighted by Gasteiger charge is -2.15. The molecule has 3 aromatic carbocycles. The summed E-state index contributed by atoms with van der Waals surface area (Å²) >= 11 is 0.238. The van der Waals surface area contributed by atoms with Crippen LogP contribution in [0, 0.1) is 6.92 Å². The van der Waals surface area contributed by atoms with Crippen LogP contribution in [-0.4, -0.2) is 22.8 Å². The molecule has 0 radical (unpaired) electrons. The van der Waals surface area contributed by atoms with Crippen LogP contribution in [0.4, 0.5) is 3.89 Å². The molecule has 1 heterocycles. The van der Waals surface area contributed by atoms with Crippen molar-refractivity contribution >= 4 is 47.6 Å². The summed E-state index contributed by atoms with van der Waals surface area (Å²) in [6.45, 7) is 8.83. The molecule has 0 amide bonds. The number of fused-ring (bicyclic) bond motifs is 2. The molecule has 1 aliphatic carbocycles. The van der Waals surface area contributed by atoms with Crippen LogP contribution in [0.3, 0.4) is 0 Å². The second kappa shape index (κ2) is 8.10. The highest BCUT2D eigenvalue weighted by molar-refractivity contribution is 7.94. The molecule has 0 unspecified atom stereocenters. The molecular weight excluding hydrogens is 416 g/mol. The Bertz CT molecular complexity index is 1420. The minimum Gasteiger partial charge on any atom is -0.213 e. The van der Waals surface area contributed by atoms with Crippen molar-refractivity contribution in [1.82, 2.24) is 15.0 Å². The van der Waals surface area contributed by atoms with Crippen LogP contribution < -0.4 is 5.46 Å². The van der Waals surface area contributed by atoms with Crippen molar-refractivity contribution < 1.29 is 3.89 Å². The van der Waals surface area contributed by atoms with Gasteiger partial charge in [0.2, 0.25) is 0 Å². The Morgan fingerprint density at radius 3 is 2.78 bits per heavy atom. The molecule has 0 saturated carbocycles. The summed E-state index contributed by atoms with van der Waals surface area (Å²) in [6.07, 6.45) is 1.90. The molecular formula is C26H23BFN3S. The van der Waals surface area contributed by atoms with E-state index in [2.05, 4.69) is 50.7 Å². The largest absolute Gasteiger partial charge is 0.213 e. The van der Waals surface area contributed by atoms with Gasteiger partial charge in [0.25, 0.3) is 0 Å². The number of aromatic nitrogens is 3.